The van der Waals surface area contributed by atoms with Gasteiger partial charge in [-0.1, -0.05) is 0 Å². The molecule has 0 bridgehead atoms. The molecule has 5 nitrogen and oxygen atoms in total. The molecule has 0 amide bonds. The van der Waals surface area contributed by atoms with Gasteiger partial charge in [-0.3, -0.25) is 9.69 Å². The molecule has 19 heavy (non-hydrogen) atoms. The summed E-state index contributed by atoms with van der Waals surface area (Å²) in [6, 6.07) is 0. The highest BCUT2D eigenvalue weighted by atomic mass is 16.5. The van der Waals surface area contributed by atoms with Crippen molar-refractivity contribution in [2.75, 3.05) is 39.5 Å². The Morgan fingerprint density at radius 3 is 2.21 bits per heavy atom. The van der Waals surface area contributed by atoms with Crippen LogP contribution in [0.15, 0.2) is 0 Å². The van der Waals surface area contributed by atoms with E-state index in [9.17, 15) is 4.79 Å². The predicted molar refractivity (Wildman–Crippen MR) is 75.2 cm³/mol. The van der Waals surface area contributed by atoms with Crippen molar-refractivity contribution in [3.63, 3.8) is 0 Å². The van der Waals surface area contributed by atoms with E-state index in [4.69, 9.17) is 9.47 Å². The summed E-state index contributed by atoms with van der Waals surface area (Å²) in [4.78, 5) is 11.8. The van der Waals surface area contributed by atoms with Crippen molar-refractivity contribution in [2.24, 2.45) is 0 Å². The summed E-state index contributed by atoms with van der Waals surface area (Å²) >= 11 is 0. The molecule has 114 valence electrons. The molecule has 0 atom stereocenters. The quantitative estimate of drug-likeness (QED) is 0.715. The van der Waals surface area contributed by atoms with Gasteiger partial charge in [-0.05, 0) is 34.6 Å². The first-order valence-electron chi connectivity index (χ1n) is 6.88. The molecule has 0 radical (unpaired) electrons. The number of morpholine rings is 1. The molecule has 0 spiro atoms. The Morgan fingerprint density at radius 1 is 1.26 bits per heavy atom. The minimum atomic E-state index is -0.00765. The number of ether oxygens (including phenoxy) is 3. The van der Waals surface area contributed by atoms with Gasteiger partial charge in [-0.15, -0.1) is 0 Å². The highest BCUT2D eigenvalue weighted by molar-refractivity contribution is 5.37. The third-order valence-corrected chi connectivity index (χ3v) is 2.37. The lowest BCUT2D eigenvalue weighted by Gasteiger charge is -2.28. The predicted octanol–water partition coefficient (Wildman–Crippen LogP) is 1.70. The van der Waals surface area contributed by atoms with Crippen molar-refractivity contribution in [3.05, 3.63) is 0 Å². The highest BCUT2D eigenvalue weighted by Gasteiger charge is 2.13. The Hall–Kier alpha value is -0.650. The van der Waals surface area contributed by atoms with E-state index >= 15 is 0 Å². The van der Waals surface area contributed by atoms with E-state index in [0.717, 1.165) is 39.5 Å². The van der Waals surface area contributed by atoms with Crippen LogP contribution in [0.2, 0.25) is 0 Å². The van der Waals surface area contributed by atoms with E-state index in [1.165, 1.54) is 0 Å². The number of carbonyl (C=O) groups is 1. The number of rotatable bonds is 5. The summed E-state index contributed by atoms with van der Waals surface area (Å²) < 4.78 is 15.3. The van der Waals surface area contributed by atoms with Crippen LogP contribution in [0, 0.1) is 0 Å². The monoisotopic (exact) mass is 275 g/mol. The van der Waals surface area contributed by atoms with Gasteiger partial charge < -0.3 is 14.2 Å². The fourth-order valence-electron chi connectivity index (χ4n) is 1.42. The van der Waals surface area contributed by atoms with E-state index < -0.39 is 0 Å². The Bertz CT molecular complexity index is 220. The van der Waals surface area contributed by atoms with Crippen LogP contribution in [0.3, 0.4) is 0 Å². The Balaban J connectivity index is 0.000000459. The second kappa shape index (κ2) is 10.2. The fourth-order valence-corrected chi connectivity index (χ4v) is 1.42. The van der Waals surface area contributed by atoms with E-state index in [-0.39, 0.29) is 11.7 Å². The Labute approximate surface area is 117 Å². The standard InChI is InChI=1S/C10H21NO2.C4H8O2/c1-10(2,3)13-9-6-11-4-7-12-8-5-11;1-4(2)6-3-5/h4-9H2,1-3H3;3-4H,1-2H3. The third kappa shape index (κ3) is 13.6. The molecule has 0 aliphatic carbocycles. The minimum Gasteiger partial charge on any atom is -0.465 e. The van der Waals surface area contributed by atoms with Gasteiger partial charge in [0, 0.05) is 19.6 Å². The molecule has 1 saturated heterocycles. The zero-order valence-corrected chi connectivity index (χ0v) is 13.0. The van der Waals surface area contributed by atoms with Gasteiger partial charge in [0.1, 0.15) is 0 Å². The smallest absolute Gasteiger partial charge is 0.293 e. The van der Waals surface area contributed by atoms with Crippen molar-refractivity contribution >= 4 is 6.47 Å². The van der Waals surface area contributed by atoms with Crippen LogP contribution >= 0.6 is 0 Å². The lowest BCUT2D eigenvalue weighted by Crippen LogP contribution is -2.39. The molecule has 5 heteroatoms. The van der Waals surface area contributed by atoms with Crippen molar-refractivity contribution in [1.29, 1.82) is 0 Å². The average Bonchev–Trinajstić information content (AvgIpc) is 2.29. The van der Waals surface area contributed by atoms with E-state index in [0.29, 0.717) is 6.47 Å². The lowest BCUT2D eigenvalue weighted by atomic mass is 10.2. The van der Waals surface area contributed by atoms with Gasteiger partial charge in [0.2, 0.25) is 0 Å². The van der Waals surface area contributed by atoms with Gasteiger partial charge in [0.15, 0.2) is 0 Å². The molecule has 0 saturated carbocycles. The molecule has 1 aliphatic heterocycles. The second-order valence-electron chi connectivity index (χ2n) is 5.70. The van der Waals surface area contributed by atoms with Crippen LogP contribution in [-0.2, 0) is 19.0 Å². The van der Waals surface area contributed by atoms with Gasteiger partial charge in [0.25, 0.3) is 6.47 Å². The van der Waals surface area contributed by atoms with Crippen molar-refractivity contribution < 1.29 is 19.0 Å². The SMILES string of the molecule is CC(C)(C)OCCN1CCOCC1.CC(C)OC=O. The van der Waals surface area contributed by atoms with E-state index in [2.05, 4.69) is 30.4 Å². The number of hydrogen-bond donors (Lipinski definition) is 0. The van der Waals surface area contributed by atoms with Gasteiger partial charge >= 0.3 is 0 Å². The lowest BCUT2D eigenvalue weighted by molar-refractivity contribution is -0.131. The average molecular weight is 275 g/mol. The first-order valence-corrected chi connectivity index (χ1v) is 6.88. The van der Waals surface area contributed by atoms with Crippen molar-refractivity contribution in [3.8, 4) is 0 Å². The van der Waals surface area contributed by atoms with Gasteiger partial charge in [-0.25, -0.2) is 0 Å². The number of carbonyl (C=O) groups excluding carboxylic acids is 1. The molecular formula is C14H29NO4. The Kier molecular flexibility index (Phi) is 9.83. The first kappa shape index (κ1) is 18.4. The maximum atomic E-state index is 9.39. The van der Waals surface area contributed by atoms with Crippen LogP contribution < -0.4 is 0 Å². The number of nitrogens with zero attached hydrogens (tertiary/aromatic N) is 1. The van der Waals surface area contributed by atoms with E-state index in [1.54, 1.807) is 13.8 Å². The highest BCUT2D eigenvalue weighted by Crippen LogP contribution is 2.06. The topological polar surface area (TPSA) is 48.0 Å². The van der Waals surface area contributed by atoms with Crippen LogP contribution in [0.4, 0.5) is 0 Å². The third-order valence-electron chi connectivity index (χ3n) is 2.37. The van der Waals surface area contributed by atoms with Crippen LogP contribution in [0.5, 0.6) is 0 Å². The largest absolute Gasteiger partial charge is 0.465 e. The van der Waals surface area contributed by atoms with Crippen molar-refractivity contribution in [1.82, 2.24) is 4.90 Å². The fraction of sp³-hybridized carbons (Fsp3) is 0.929. The summed E-state index contributed by atoms with van der Waals surface area (Å²) in [6.45, 7) is 16.0. The van der Waals surface area contributed by atoms with Gasteiger partial charge in [0.05, 0.1) is 31.5 Å². The molecule has 0 aromatic heterocycles. The van der Waals surface area contributed by atoms with Crippen LogP contribution in [0.1, 0.15) is 34.6 Å². The van der Waals surface area contributed by atoms with E-state index in [1.807, 2.05) is 0 Å². The molecule has 0 aromatic rings. The molecular weight excluding hydrogens is 246 g/mol. The molecule has 0 aromatic carbocycles. The zero-order chi connectivity index (χ0) is 14.7. The molecule has 1 fully saturated rings. The summed E-state index contributed by atoms with van der Waals surface area (Å²) in [5, 5.41) is 0. The van der Waals surface area contributed by atoms with Crippen molar-refractivity contribution in [2.45, 2.75) is 46.3 Å². The number of hydrogen-bond acceptors (Lipinski definition) is 5. The normalized spacial score (nSPS) is 16.7. The molecule has 0 unspecified atom stereocenters. The summed E-state index contributed by atoms with van der Waals surface area (Å²) in [5.41, 5.74) is -0.00765. The Morgan fingerprint density at radius 2 is 1.84 bits per heavy atom. The second-order valence-corrected chi connectivity index (χ2v) is 5.70. The maximum absolute atomic E-state index is 9.39. The molecule has 1 heterocycles. The van der Waals surface area contributed by atoms with Crippen LogP contribution in [0.25, 0.3) is 0 Å². The first-order chi connectivity index (χ1) is 8.85. The van der Waals surface area contributed by atoms with Crippen LogP contribution in [-0.4, -0.2) is 62.5 Å². The summed E-state index contributed by atoms with van der Waals surface area (Å²) in [5.74, 6) is 0. The maximum Gasteiger partial charge on any atom is 0.293 e. The summed E-state index contributed by atoms with van der Waals surface area (Å²) in [6.07, 6.45) is 0.0301. The molecule has 1 rings (SSSR count). The molecule has 1 aliphatic rings. The summed E-state index contributed by atoms with van der Waals surface area (Å²) in [7, 11) is 0. The van der Waals surface area contributed by atoms with Gasteiger partial charge in [-0.2, -0.15) is 0 Å². The molecule has 0 N–H and O–H groups in total. The minimum absolute atomic E-state index is 0.00765. The zero-order valence-electron chi connectivity index (χ0n) is 13.0.